The maximum Gasteiger partial charge on any atom is 0.341 e. The number of hydrogen-bond donors (Lipinski definition) is 2. The van der Waals surface area contributed by atoms with E-state index in [1.54, 1.807) is 20.8 Å². The highest BCUT2D eigenvalue weighted by Crippen LogP contribution is 2.30. The molecule has 0 bridgehead atoms. The number of rotatable bonds is 8. The van der Waals surface area contributed by atoms with E-state index in [0.29, 0.717) is 37.3 Å². The number of carbonyl (C=O) groups excluding carboxylic acids is 2. The van der Waals surface area contributed by atoms with Gasteiger partial charge in [0.15, 0.2) is 0 Å². The molecule has 0 saturated carbocycles. The zero-order valence-electron chi connectivity index (χ0n) is 20.5. The number of hydrogen-bond acceptors (Lipinski definition) is 6. The normalized spacial score (nSPS) is 16.8. The molecule has 0 aliphatic carbocycles. The van der Waals surface area contributed by atoms with Gasteiger partial charge < -0.3 is 19.9 Å². The Balaban J connectivity index is 1.72. The fourth-order valence-corrected chi connectivity index (χ4v) is 6.22. The monoisotopic (exact) mass is 490 g/mol. The SMILES string of the molecule is CCOC(=O)c1c(C)[nH]c(C)c1S(=O)(=O)N1CCC[C@@H](C(=O)NCc2ccc(N(C)C)cc2)C1. The summed E-state index contributed by atoms with van der Waals surface area (Å²) in [5.74, 6) is -1.31. The molecule has 9 nitrogen and oxygen atoms in total. The summed E-state index contributed by atoms with van der Waals surface area (Å²) >= 11 is 0. The van der Waals surface area contributed by atoms with E-state index in [-0.39, 0.29) is 29.5 Å². The van der Waals surface area contributed by atoms with Crippen molar-refractivity contribution in [2.75, 3.05) is 38.7 Å². The Kier molecular flexibility index (Phi) is 8.04. The summed E-state index contributed by atoms with van der Waals surface area (Å²) in [5, 5.41) is 2.94. The van der Waals surface area contributed by atoms with Crippen molar-refractivity contribution in [2.45, 2.75) is 45.1 Å². The number of sulfonamides is 1. The predicted octanol–water partition coefficient (Wildman–Crippen LogP) is 2.59. The van der Waals surface area contributed by atoms with Crippen molar-refractivity contribution in [3.05, 3.63) is 46.8 Å². The molecule has 1 saturated heterocycles. The standard InChI is InChI=1S/C24H34N4O5S/c1-6-33-24(30)21-16(2)26-17(3)22(21)34(31,32)28-13-7-8-19(15-28)23(29)25-14-18-9-11-20(12-10-18)27(4)5/h9-12,19,26H,6-8,13-15H2,1-5H3,(H,25,29)/t19-/m1/s1. The van der Waals surface area contributed by atoms with Crippen LogP contribution in [0.25, 0.3) is 0 Å². The van der Waals surface area contributed by atoms with Crippen LogP contribution in [0.15, 0.2) is 29.2 Å². The van der Waals surface area contributed by atoms with E-state index >= 15 is 0 Å². The minimum absolute atomic E-state index is 0.0343. The number of anilines is 1. The van der Waals surface area contributed by atoms with Crippen LogP contribution in [0.2, 0.25) is 0 Å². The molecule has 3 rings (SSSR count). The van der Waals surface area contributed by atoms with Crippen molar-refractivity contribution in [3.8, 4) is 0 Å². The van der Waals surface area contributed by atoms with Crippen molar-refractivity contribution in [1.29, 1.82) is 0 Å². The lowest BCUT2D eigenvalue weighted by atomic mass is 9.98. The Labute approximate surface area is 201 Å². The molecule has 1 atom stereocenters. The molecule has 1 aromatic heterocycles. The maximum absolute atomic E-state index is 13.5. The van der Waals surface area contributed by atoms with E-state index in [1.165, 1.54) is 4.31 Å². The number of ether oxygens (including phenoxy) is 1. The second-order valence-electron chi connectivity index (χ2n) is 8.78. The number of benzene rings is 1. The van der Waals surface area contributed by atoms with Crippen LogP contribution in [0.4, 0.5) is 5.69 Å². The summed E-state index contributed by atoms with van der Waals surface area (Å²) in [6.45, 7) is 5.83. The summed E-state index contributed by atoms with van der Waals surface area (Å²) in [6.07, 6.45) is 1.17. The average Bonchev–Trinajstić information content (AvgIpc) is 3.12. The number of aryl methyl sites for hydroxylation is 2. The predicted molar refractivity (Wildman–Crippen MR) is 130 cm³/mol. The number of H-pyrrole nitrogens is 1. The molecule has 2 N–H and O–H groups in total. The van der Waals surface area contributed by atoms with Gasteiger partial charge in [0.25, 0.3) is 0 Å². The number of piperidine rings is 1. The van der Waals surface area contributed by atoms with Gasteiger partial charge >= 0.3 is 5.97 Å². The molecular weight excluding hydrogens is 456 g/mol. The fraction of sp³-hybridized carbons (Fsp3) is 0.500. The highest BCUT2D eigenvalue weighted by atomic mass is 32.2. The third-order valence-corrected chi connectivity index (χ3v) is 8.11. The Morgan fingerprint density at radius 1 is 1.18 bits per heavy atom. The number of aromatic nitrogens is 1. The molecule has 2 aromatic rings. The van der Waals surface area contributed by atoms with Gasteiger partial charge in [-0.2, -0.15) is 4.31 Å². The average molecular weight is 491 g/mol. The lowest BCUT2D eigenvalue weighted by molar-refractivity contribution is -0.126. The van der Waals surface area contributed by atoms with Gasteiger partial charge in [-0.3, -0.25) is 4.79 Å². The fourth-order valence-electron chi connectivity index (χ4n) is 4.28. The van der Waals surface area contributed by atoms with Crippen molar-refractivity contribution in [2.24, 2.45) is 5.92 Å². The van der Waals surface area contributed by atoms with E-state index in [4.69, 9.17) is 4.74 Å². The molecule has 186 valence electrons. The van der Waals surface area contributed by atoms with E-state index in [1.807, 2.05) is 43.3 Å². The van der Waals surface area contributed by atoms with Crippen LogP contribution in [0.5, 0.6) is 0 Å². The first-order chi connectivity index (χ1) is 16.1. The summed E-state index contributed by atoms with van der Waals surface area (Å²) in [6, 6.07) is 7.89. The van der Waals surface area contributed by atoms with Crippen molar-refractivity contribution in [1.82, 2.24) is 14.6 Å². The van der Waals surface area contributed by atoms with E-state index in [2.05, 4.69) is 10.3 Å². The molecule has 2 heterocycles. The van der Waals surface area contributed by atoms with Crippen LogP contribution in [0.1, 0.15) is 47.1 Å². The number of amides is 1. The first-order valence-corrected chi connectivity index (χ1v) is 12.9. The lowest BCUT2D eigenvalue weighted by Gasteiger charge is -2.31. The molecule has 0 radical (unpaired) electrons. The lowest BCUT2D eigenvalue weighted by Crippen LogP contribution is -2.45. The molecule has 1 aliphatic heterocycles. The van der Waals surface area contributed by atoms with Crippen LogP contribution < -0.4 is 10.2 Å². The second kappa shape index (κ2) is 10.6. The third kappa shape index (κ3) is 5.44. The summed E-state index contributed by atoms with van der Waals surface area (Å²) in [7, 11) is -0.0679. The van der Waals surface area contributed by atoms with Gasteiger partial charge in [0.05, 0.1) is 12.5 Å². The molecule has 0 spiro atoms. The largest absolute Gasteiger partial charge is 0.462 e. The van der Waals surface area contributed by atoms with Gasteiger partial charge in [-0.1, -0.05) is 12.1 Å². The summed E-state index contributed by atoms with van der Waals surface area (Å²) < 4.78 is 33.5. The molecule has 1 amide bonds. The molecule has 1 fully saturated rings. The Morgan fingerprint density at radius 2 is 1.85 bits per heavy atom. The zero-order valence-corrected chi connectivity index (χ0v) is 21.3. The maximum atomic E-state index is 13.5. The van der Waals surface area contributed by atoms with Gasteiger partial charge in [0.2, 0.25) is 15.9 Å². The van der Waals surface area contributed by atoms with E-state index in [0.717, 1.165) is 11.3 Å². The van der Waals surface area contributed by atoms with Crippen molar-refractivity contribution < 1.29 is 22.7 Å². The van der Waals surface area contributed by atoms with Gasteiger partial charge in [-0.05, 0) is 51.3 Å². The van der Waals surface area contributed by atoms with Crippen LogP contribution >= 0.6 is 0 Å². The second-order valence-corrected chi connectivity index (χ2v) is 10.7. The highest BCUT2D eigenvalue weighted by Gasteiger charge is 2.38. The molecule has 10 heteroatoms. The summed E-state index contributed by atoms with van der Waals surface area (Å²) in [5.41, 5.74) is 2.90. The summed E-state index contributed by atoms with van der Waals surface area (Å²) in [4.78, 5) is 30.2. The van der Waals surface area contributed by atoms with Crippen LogP contribution in [-0.2, 0) is 26.1 Å². The zero-order chi connectivity index (χ0) is 25.0. The smallest absolute Gasteiger partial charge is 0.341 e. The highest BCUT2D eigenvalue weighted by molar-refractivity contribution is 7.89. The first kappa shape index (κ1) is 25.8. The number of aromatic amines is 1. The Bertz CT molecular complexity index is 1140. The number of esters is 1. The van der Waals surface area contributed by atoms with Gasteiger partial charge in [-0.25, -0.2) is 13.2 Å². The molecule has 34 heavy (non-hydrogen) atoms. The first-order valence-electron chi connectivity index (χ1n) is 11.5. The van der Waals surface area contributed by atoms with Crippen molar-refractivity contribution >= 4 is 27.6 Å². The molecular formula is C24H34N4O5S. The van der Waals surface area contributed by atoms with Crippen LogP contribution in [0, 0.1) is 19.8 Å². The van der Waals surface area contributed by atoms with Crippen LogP contribution in [0.3, 0.4) is 0 Å². The molecule has 1 aromatic carbocycles. The minimum Gasteiger partial charge on any atom is -0.462 e. The van der Waals surface area contributed by atoms with Crippen LogP contribution in [-0.4, -0.2) is 63.4 Å². The van der Waals surface area contributed by atoms with Gasteiger partial charge in [0, 0.05) is 50.8 Å². The van der Waals surface area contributed by atoms with Gasteiger partial charge in [0.1, 0.15) is 10.5 Å². The third-order valence-electron chi connectivity index (χ3n) is 6.07. The van der Waals surface area contributed by atoms with E-state index < -0.39 is 21.9 Å². The minimum atomic E-state index is -4.00. The number of carbonyl (C=O) groups is 2. The van der Waals surface area contributed by atoms with E-state index in [9.17, 15) is 18.0 Å². The Hall–Kier alpha value is -2.85. The molecule has 0 unspecified atom stereocenters. The van der Waals surface area contributed by atoms with Gasteiger partial charge in [-0.15, -0.1) is 0 Å². The molecule has 1 aliphatic rings. The Morgan fingerprint density at radius 3 is 2.47 bits per heavy atom. The van der Waals surface area contributed by atoms with Crippen molar-refractivity contribution in [3.63, 3.8) is 0 Å². The topological polar surface area (TPSA) is 112 Å². The number of nitrogens with zero attached hydrogens (tertiary/aromatic N) is 2. The number of nitrogens with one attached hydrogen (secondary N) is 2. The quantitative estimate of drug-likeness (QED) is 0.550.